The van der Waals surface area contributed by atoms with Crippen LogP contribution in [0.2, 0.25) is 0 Å². The van der Waals surface area contributed by atoms with Crippen LogP contribution in [0.15, 0.2) is 111 Å². The Morgan fingerprint density at radius 1 is 0.667 bits per heavy atom. The lowest BCUT2D eigenvalue weighted by Crippen LogP contribution is -1.89. The van der Waals surface area contributed by atoms with Crippen LogP contribution in [0.4, 0.5) is 0 Å². The molecular weight excluding hydrogens is 328 g/mol. The lowest BCUT2D eigenvalue weighted by Gasteiger charge is -2.12. The van der Waals surface area contributed by atoms with Gasteiger partial charge in [-0.05, 0) is 29.8 Å². The van der Waals surface area contributed by atoms with Gasteiger partial charge in [-0.15, -0.1) is 0 Å². The molecule has 0 aliphatic rings. The summed E-state index contributed by atoms with van der Waals surface area (Å²) in [6.45, 7) is 2.26. The van der Waals surface area contributed by atoms with Crippen LogP contribution in [0.3, 0.4) is 0 Å². The van der Waals surface area contributed by atoms with E-state index in [2.05, 4.69) is 104 Å². The van der Waals surface area contributed by atoms with Gasteiger partial charge in [0.25, 0.3) is 0 Å². The van der Waals surface area contributed by atoms with Crippen molar-refractivity contribution in [2.75, 3.05) is 0 Å². The van der Waals surface area contributed by atoms with Crippen LogP contribution in [0, 0.1) is 0 Å². The molecule has 0 spiro atoms. The van der Waals surface area contributed by atoms with E-state index in [1.165, 1.54) is 19.6 Å². The zero-order valence-electron chi connectivity index (χ0n) is 13.6. The minimum atomic E-state index is 0.383. The Morgan fingerprint density at radius 2 is 1.08 bits per heavy atom. The Hall–Kier alpha value is -1.90. The van der Waals surface area contributed by atoms with E-state index in [-0.39, 0.29) is 0 Å². The maximum absolute atomic E-state index is 2.37. The summed E-state index contributed by atoms with van der Waals surface area (Å²) in [5.41, 5.74) is 1.34. The first-order chi connectivity index (χ1) is 11.8. The second-order valence-electron chi connectivity index (χ2n) is 5.52. The average molecular weight is 349 g/mol. The second kappa shape index (κ2) is 8.81. The maximum atomic E-state index is 2.37. The smallest absolute Gasteiger partial charge is 0.0464 e. The highest BCUT2D eigenvalue weighted by Gasteiger charge is 2.08. The number of allylic oxidation sites excluding steroid dienone is 1. The Labute approximate surface area is 153 Å². The third-order valence-electron chi connectivity index (χ3n) is 3.63. The molecule has 0 aliphatic carbocycles. The van der Waals surface area contributed by atoms with Crippen molar-refractivity contribution in [2.45, 2.75) is 22.6 Å². The zero-order valence-corrected chi connectivity index (χ0v) is 15.3. The minimum absolute atomic E-state index is 0.383. The topological polar surface area (TPSA) is 0 Å². The lowest BCUT2D eigenvalue weighted by molar-refractivity contribution is 0.968. The minimum Gasteiger partial charge on any atom is -0.0831 e. The number of thioether (sulfide) groups is 2. The van der Waals surface area contributed by atoms with Gasteiger partial charge in [0, 0.05) is 19.9 Å². The second-order valence-corrected chi connectivity index (χ2v) is 8.00. The van der Waals surface area contributed by atoms with Crippen molar-refractivity contribution in [1.82, 2.24) is 0 Å². The fourth-order valence-electron chi connectivity index (χ4n) is 2.36. The molecular formula is C22H20S2. The quantitative estimate of drug-likeness (QED) is 0.431. The summed E-state index contributed by atoms with van der Waals surface area (Å²) in [7, 11) is 0. The summed E-state index contributed by atoms with van der Waals surface area (Å²) >= 11 is 3.66. The summed E-state index contributed by atoms with van der Waals surface area (Å²) in [6, 6.07) is 31.8. The molecule has 24 heavy (non-hydrogen) atoms. The highest BCUT2D eigenvalue weighted by Crippen LogP contribution is 2.40. The third-order valence-corrected chi connectivity index (χ3v) is 5.83. The molecule has 1 atom stereocenters. The van der Waals surface area contributed by atoms with Gasteiger partial charge in [0.15, 0.2) is 0 Å². The van der Waals surface area contributed by atoms with E-state index >= 15 is 0 Å². The molecule has 120 valence electrons. The van der Waals surface area contributed by atoms with Crippen LogP contribution in [-0.2, 0) is 0 Å². The number of benzene rings is 3. The van der Waals surface area contributed by atoms with Crippen molar-refractivity contribution in [3.8, 4) is 0 Å². The Bertz CT molecular complexity index is 721. The van der Waals surface area contributed by atoms with E-state index in [1.807, 2.05) is 23.5 Å². The normalized spacial score (nSPS) is 11.7. The Morgan fingerprint density at radius 3 is 1.54 bits per heavy atom. The zero-order chi connectivity index (χ0) is 16.6. The van der Waals surface area contributed by atoms with Gasteiger partial charge in [-0.2, -0.15) is 0 Å². The van der Waals surface area contributed by atoms with Gasteiger partial charge in [0.05, 0.1) is 0 Å². The third kappa shape index (κ3) is 5.05. The van der Waals surface area contributed by atoms with Crippen molar-refractivity contribution in [3.63, 3.8) is 0 Å². The molecule has 1 unspecified atom stereocenters. The van der Waals surface area contributed by atoms with Crippen molar-refractivity contribution in [2.24, 2.45) is 0 Å². The van der Waals surface area contributed by atoms with Crippen LogP contribution >= 0.6 is 23.5 Å². The lowest BCUT2D eigenvalue weighted by atomic mass is 10.0. The number of rotatable bonds is 6. The van der Waals surface area contributed by atoms with Gasteiger partial charge >= 0.3 is 0 Å². The van der Waals surface area contributed by atoms with E-state index < -0.39 is 0 Å². The average Bonchev–Trinajstić information content (AvgIpc) is 2.64. The predicted octanol–water partition coefficient (Wildman–Crippen LogP) is 7.22. The molecule has 2 heteroatoms. The molecule has 3 aromatic carbocycles. The van der Waals surface area contributed by atoms with Crippen LogP contribution in [0.1, 0.15) is 18.4 Å². The molecule has 3 aromatic rings. The van der Waals surface area contributed by atoms with E-state index in [4.69, 9.17) is 0 Å². The fourth-order valence-corrected chi connectivity index (χ4v) is 4.69. The molecule has 0 N–H and O–H groups in total. The first-order valence-corrected chi connectivity index (χ1v) is 9.67. The number of hydrogen-bond donors (Lipinski definition) is 0. The number of hydrogen-bond acceptors (Lipinski definition) is 2. The molecule has 0 aromatic heterocycles. The van der Waals surface area contributed by atoms with Gasteiger partial charge in [-0.1, -0.05) is 103 Å². The molecule has 0 saturated carbocycles. The van der Waals surface area contributed by atoms with Gasteiger partial charge in [-0.25, -0.2) is 0 Å². The van der Waals surface area contributed by atoms with Crippen molar-refractivity contribution in [3.05, 3.63) is 107 Å². The highest BCUT2D eigenvalue weighted by molar-refractivity contribution is 8.22. The Balaban J connectivity index is 1.84. The monoisotopic (exact) mass is 348 g/mol. The van der Waals surface area contributed by atoms with E-state index in [0.29, 0.717) is 5.92 Å². The summed E-state index contributed by atoms with van der Waals surface area (Å²) < 4.78 is 1.31. The van der Waals surface area contributed by atoms with Crippen LogP contribution in [-0.4, -0.2) is 0 Å². The summed E-state index contributed by atoms with van der Waals surface area (Å²) in [6.07, 6.45) is 2.37. The highest BCUT2D eigenvalue weighted by atomic mass is 32.2. The van der Waals surface area contributed by atoms with Crippen LogP contribution in [0.5, 0.6) is 0 Å². The summed E-state index contributed by atoms with van der Waals surface area (Å²) in [5, 5.41) is 0. The Kier molecular flexibility index (Phi) is 6.22. The van der Waals surface area contributed by atoms with Crippen molar-refractivity contribution in [1.29, 1.82) is 0 Å². The standard InChI is InChI=1S/C22H20S2/c1-18(19-11-5-2-6-12-19)17-22(23-20-13-7-3-8-14-20)24-21-15-9-4-10-16-21/h2-18H,1H3. The van der Waals surface area contributed by atoms with E-state index in [1.54, 1.807) is 0 Å². The SMILES string of the molecule is CC(C=C(Sc1ccccc1)Sc1ccccc1)c1ccccc1. The van der Waals surface area contributed by atoms with Gasteiger partial charge < -0.3 is 0 Å². The molecule has 0 heterocycles. The van der Waals surface area contributed by atoms with Gasteiger partial charge in [-0.3, -0.25) is 0 Å². The maximum Gasteiger partial charge on any atom is 0.0464 e. The van der Waals surface area contributed by atoms with E-state index in [0.717, 1.165) is 0 Å². The van der Waals surface area contributed by atoms with Crippen molar-refractivity contribution >= 4 is 23.5 Å². The van der Waals surface area contributed by atoms with Gasteiger partial charge in [0.1, 0.15) is 0 Å². The summed E-state index contributed by atoms with van der Waals surface area (Å²) in [5.74, 6) is 0.383. The molecule has 0 fully saturated rings. The predicted molar refractivity (Wildman–Crippen MR) is 108 cm³/mol. The van der Waals surface area contributed by atoms with E-state index in [9.17, 15) is 0 Å². The molecule has 3 rings (SSSR count). The first-order valence-electron chi connectivity index (χ1n) is 8.04. The van der Waals surface area contributed by atoms with Crippen LogP contribution in [0.25, 0.3) is 0 Å². The summed E-state index contributed by atoms with van der Waals surface area (Å²) in [4.78, 5) is 2.54. The molecule has 0 aliphatic heterocycles. The largest absolute Gasteiger partial charge is 0.0831 e. The molecule has 0 bridgehead atoms. The van der Waals surface area contributed by atoms with Crippen molar-refractivity contribution < 1.29 is 0 Å². The van der Waals surface area contributed by atoms with Crippen LogP contribution < -0.4 is 0 Å². The molecule has 0 radical (unpaired) electrons. The van der Waals surface area contributed by atoms with Gasteiger partial charge in [0.2, 0.25) is 0 Å². The molecule has 0 amide bonds. The molecule has 0 saturated heterocycles. The molecule has 0 nitrogen and oxygen atoms in total. The fraction of sp³-hybridized carbons (Fsp3) is 0.0909. The first kappa shape index (κ1) is 16.9.